The summed E-state index contributed by atoms with van der Waals surface area (Å²) in [5.74, 6) is 0. The van der Waals surface area contributed by atoms with Crippen LogP contribution in [0, 0.1) is 0 Å². The molecule has 3 rings (SSSR count). The molecule has 7 nitrogen and oxygen atoms in total. The van der Waals surface area contributed by atoms with Gasteiger partial charge in [-0.25, -0.2) is 9.97 Å². The maximum atomic E-state index is 6.15. The molecule has 1 fully saturated rings. The van der Waals surface area contributed by atoms with Crippen molar-refractivity contribution in [3.63, 3.8) is 0 Å². The van der Waals surface area contributed by atoms with Gasteiger partial charge in [0.05, 0.1) is 22.3 Å². The first kappa shape index (κ1) is 16.4. The molecule has 3 N–H and O–H groups in total. The van der Waals surface area contributed by atoms with Crippen LogP contribution in [-0.4, -0.2) is 45.0 Å². The summed E-state index contributed by atoms with van der Waals surface area (Å²) in [5, 5.41) is 8.01. The molecule has 0 aliphatic carbocycles. The molecule has 0 saturated carbocycles. The first-order valence-electron chi connectivity index (χ1n) is 7.36. The Labute approximate surface area is 139 Å². The van der Waals surface area contributed by atoms with Crippen LogP contribution in [0.2, 0.25) is 5.15 Å². The molecular formula is C14H19BClN5O2. The van der Waals surface area contributed by atoms with Crippen molar-refractivity contribution in [2.75, 3.05) is 6.54 Å². The molecule has 0 spiro atoms. The lowest BCUT2D eigenvalue weighted by molar-refractivity contribution is 0.00578. The minimum atomic E-state index is -0.522. The highest BCUT2D eigenvalue weighted by Gasteiger charge is 2.52. The second-order valence-corrected chi connectivity index (χ2v) is 6.87. The Kier molecular flexibility index (Phi) is 3.96. The first-order valence-corrected chi connectivity index (χ1v) is 7.74. The molecule has 0 unspecified atom stereocenters. The smallest absolute Gasteiger partial charge is 0.400 e. The lowest BCUT2D eigenvalue weighted by Crippen LogP contribution is -2.41. The Morgan fingerprint density at radius 2 is 1.96 bits per heavy atom. The predicted octanol–water partition coefficient (Wildman–Crippen LogP) is 1.98. The number of nitrogens with zero attached hydrogens (tertiary/aromatic N) is 3. The van der Waals surface area contributed by atoms with E-state index in [2.05, 4.69) is 20.2 Å². The van der Waals surface area contributed by atoms with Crippen LogP contribution in [0.1, 0.15) is 33.4 Å². The Morgan fingerprint density at radius 1 is 1.30 bits per heavy atom. The third kappa shape index (κ3) is 2.76. The van der Waals surface area contributed by atoms with Crippen LogP contribution in [0.15, 0.2) is 11.8 Å². The fourth-order valence-electron chi connectivity index (χ4n) is 2.35. The van der Waals surface area contributed by atoms with Crippen molar-refractivity contribution in [2.45, 2.75) is 38.9 Å². The summed E-state index contributed by atoms with van der Waals surface area (Å²) in [6.45, 7) is 8.27. The van der Waals surface area contributed by atoms with Crippen molar-refractivity contribution in [3.05, 3.63) is 22.6 Å². The van der Waals surface area contributed by atoms with E-state index >= 15 is 0 Å². The molecule has 122 valence electrons. The van der Waals surface area contributed by atoms with E-state index in [9.17, 15) is 0 Å². The number of aromatic nitrogens is 4. The second kappa shape index (κ2) is 5.56. The van der Waals surface area contributed by atoms with E-state index in [1.165, 1.54) is 6.33 Å². The number of fused-ring (bicyclic) bond motifs is 1. The van der Waals surface area contributed by atoms with Crippen LogP contribution < -0.4 is 5.73 Å². The monoisotopic (exact) mass is 335 g/mol. The van der Waals surface area contributed by atoms with Gasteiger partial charge < -0.3 is 15.0 Å². The van der Waals surface area contributed by atoms with Gasteiger partial charge >= 0.3 is 7.12 Å². The van der Waals surface area contributed by atoms with E-state index in [4.69, 9.17) is 26.6 Å². The van der Waals surface area contributed by atoms with Gasteiger partial charge in [0.25, 0.3) is 0 Å². The Bertz CT molecular complexity index is 758. The quantitative estimate of drug-likeness (QED) is 0.657. The van der Waals surface area contributed by atoms with Gasteiger partial charge in [-0.05, 0) is 39.2 Å². The van der Waals surface area contributed by atoms with E-state index in [-0.39, 0.29) is 6.54 Å². The SMILES string of the molecule is CC1(C)OB(C(=Cc2[nH]nc3ncnc(Cl)c23)CN)OC1(C)C. The molecule has 1 aliphatic heterocycles. The zero-order valence-corrected chi connectivity index (χ0v) is 14.3. The molecular weight excluding hydrogens is 316 g/mol. The maximum absolute atomic E-state index is 6.15. The number of rotatable bonds is 3. The topological polar surface area (TPSA) is 98.9 Å². The standard InChI is InChI=1S/C14H19BClN5O2/c1-13(2)14(3,4)23-15(22-13)8(6-17)5-9-10-11(16)18-7-19-12(10)21-20-9/h5,7H,6,17H2,1-4H3,(H,18,19,20,21). The van der Waals surface area contributed by atoms with Crippen molar-refractivity contribution in [2.24, 2.45) is 5.73 Å². The van der Waals surface area contributed by atoms with E-state index in [0.717, 1.165) is 5.47 Å². The largest absolute Gasteiger partial charge is 0.491 e. The predicted molar refractivity (Wildman–Crippen MR) is 89.8 cm³/mol. The van der Waals surface area contributed by atoms with Gasteiger partial charge in [-0.2, -0.15) is 5.10 Å². The Hall–Kier alpha value is -1.48. The molecule has 1 saturated heterocycles. The van der Waals surface area contributed by atoms with Crippen LogP contribution in [-0.2, 0) is 9.31 Å². The van der Waals surface area contributed by atoms with E-state index in [0.29, 0.717) is 21.9 Å². The van der Waals surface area contributed by atoms with Crippen molar-refractivity contribution >= 4 is 35.8 Å². The maximum Gasteiger partial charge on any atom is 0.491 e. The fourth-order valence-corrected chi connectivity index (χ4v) is 2.58. The van der Waals surface area contributed by atoms with Gasteiger partial charge in [-0.1, -0.05) is 11.6 Å². The van der Waals surface area contributed by atoms with Gasteiger partial charge in [0.1, 0.15) is 11.5 Å². The number of nitrogens with one attached hydrogen (secondary N) is 1. The van der Waals surface area contributed by atoms with Crippen LogP contribution >= 0.6 is 11.6 Å². The molecule has 0 bridgehead atoms. The van der Waals surface area contributed by atoms with Gasteiger partial charge in [0.15, 0.2) is 5.65 Å². The Balaban J connectivity index is 2.00. The van der Waals surface area contributed by atoms with Gasteiger partial charge in [0.2, 0.25) is 0 Å². The summed E-state index contributed by atoms with van der Waals surface area (Å²) in [6.07, 6.45) is 3.21. The van der Waals surface area contributed by atoms with Crippen molar-refractivity contribution in [1.82, 2.24) is 20.2 Å². The van der Waals surface area contributed by atoms with Gasteiger partial charge in [-0.15, -0.1) is 0 Å². The average molecular weight is 336 g/mol. The highest BCUT2D eigenvalue weighted by Crippen LogP contribution is 2.38. The van der Waals surface area contributed by atoms with Crippen LogP contribution in [0.4, 0.5) is 0 Å². The molecule has 23 heavy (non-hydrogen) atoms. The third-order valence-electron chi connectivity index (χ3n) is 4.45. The normalized spacial score (nSPS) is 20.4. The van der Waals surface area contributed by atoms with Crippen molar-refractivity contribution < 1.29 is 9.31 Å². The molecule has 9 heteroatoms. The third-order valence-corrected chi connectivity index (χ3v) is 4.74. The van der Waals surface area contributed by atoms with E-state index < -0.39 is 18.3 Å². The Morgan fingerprint density at radius 3 is 2.57 bits per heavy atom. The molecule has 3 heterocycles. The molecule has 0 aromatic carbocycles. The summed E-state index contributed by atoms with van der Waals surface area (Å²) in [6, 6.07) is 0. The number of halogens is 1. The summed E-state index contributed by atoms with van der Waals surface area (Å²) in [7, 11) is -0.522. The lowest BCUT2D eigenvalue weighted by atomic mass is 9.77. The molecule has 0 atom stereocenters. The number of nitrogens with two attached hydrogens (primary N) is 1. The minimum absolute atomic E-state index is 0.280. The number of aromatic amines is 1. The molecule has 0 radical (unpaired) electrons. The van der Waals surface area contributed by atoms with Crippen LogP contribution in [0.25, 0.3) is 17.1 Å². The number of hydrogen-bond acceptors (Lipinski definition) is 6. The van der Waals surface area contributed by atoms with Crippen LogP contribution in [0.3, 0.4) is 0 Å². The zero-order valence-electron chi connectivity index (χ0n) is 13.6. The molecule has 2 aromatic heterocycles. The minimum Gasteiger partial charge on any atom is -0.400 e. The number of H-pyrrole nitrogens is 1. The number of hydrogen-bond donors (Lipinski definition) is 2. The zero-order chi connectivity index (χ0) is 16.8. The summed E-state index contributed by atoms with van der Waals surface area (Å²) in [4.78, 5) is 8.07. The second-order valence-electron chi connectivity index (χ2n) is 6.51. The van der Waals surface area contributed by atoms with Gasteiger partial charge in [0, 0.05) is 6.54 Å². The van der Waals surface area contributed by atoms with E-state index in [1.807, 2.05) is 33.8 Å². The van der Waals surface area contributed by atoms with E-state index in [1.54, 1.807) is 0 Å². The van der Waals surface area contributed by atoms with Crippen LogP contribution in [0.5, 0.6) is 0 Å². The van der Waals surface area contributed by atoms with Crippen molar-refractivity contribution in [3.8, 4) is 0 Å². The lowest BCUT2D eigenvalue weighted by Gasteiger charge is -2.32. The average Bonchev–Trinajstić information content (AvgIpc) is 2.96. The summed E-state index contributed by atoms with van der Waals surface area (Å²) < 4.78 is 12.1. The molecule has 2 aromatic rings. The summed E-state index contributed by atoms with van der Waals surface area (Å²) >= 11 is 6.15. The highest BCUT2D eigenvalue weighted by molar-refractivity contribution is 6.56. The molecule has 0 amide bonds. The highest BCUT2D eigenvalue weighted by atomic mass is 35.5. The van der Waals surface area contributed by atoms with Gasteiger partial charge in [-0.3, -0.25) is 5.10 Å². The summed E-state index contributed by atoms with van der Waals surface area (Å²) in [5.41, 5.74) is 7.01. The molecule has 1 aliphatic rings. The fraction of sp³-hybridized carbons (Fsp3) is 0.500. The first-order chi connectivity index (χ1) is 10.7. The van der Waals surface area contributed by atoms with Crippen molar-refractivity contribution in [1.29, 1.82) is 0 Å².